The molecule has 1 fully saturated rings. The maximum absolute atomic E-state index is 9.19. The first kappa shape index (κ1) is 12.9. The van der Waals surface area contributed by atoms with Crippen molar-refractivity contribution in [3.8, 4) is 0 Å². The molecule has 90 valence electrons. The van der Waals surface area contributed by atoms with Crippen molar-refractivity contribution in [1.82, 2.24) is 0 Å². The van der Waals surface area contributed by atoms with E-state index in [9.17, 15) is 5.11 Å². The average molecular weight is 215 g/mol. The van der Waals surface area contributed by atoms with Gasteiger partial charge in [-0.25, -0.2) is 0 Å². The molecule has 0 saturated heterocycles. The summed E-state index contributed by atoms with van der Waals surface area (Å²) in [5, 5.41) is 9.19. The summed E-state index contributed by atoms with van der Waals surface area (Å²) in [5.74, 6) is 0. The monoisotopic (exact) mass is 215 g/mol. The minimum atomic E-state index is 0.114. The molecule has 15 heavy (non-hydrogen) atoms. The highest BCUT2D eigenvalue weighted by molar-refractivity contribution is 4.93. The van der Waals surface area contributed by atoms with Gasteiger partial charge in [-0.3, -0.25) is 0 Å². The summed E-state index contributed by atoms with van der Waals surface area (Å²) in [6.07, 6.45) is 6.61. The van der Waals surface area contributed by atoms with Gasteiger partial charge in [-0.2, -0.15) is 0 Å². The largest absolute Gasteiger partial charge is 0.396 e. The van der Waals surface area contributed by atoms with Gasteiger partial charge in [-0.1, -0.05) is 13.3 Å². The molecule has 1 aliphatic rings. The van der Waals surface area contributed by atoms with E-state index in [1.165, 1.54) is 6.42 Å². The molecule has 0 aromatic carbocycles. The molecule has 0 aliphatic heterocycles. The second kappa shape index (κ2) is 5.83. The third-order valence-electron chi connectivity index (χ3n) is 4.00. The van der Waals surface area contributed by atoms with Crippen molar-refractivity contribution in [2.75, 3.05) is 13.7 Å². The van der Waals surface area contributed by atoms with Crippen LogP contribution in [0.5, 0.6) is 0 Å². The van der Waals surface area contributed by atoms with Gasteiger partial charge in [0, 0.05) is 19.8 Å². The van der Waals surface area contributed by atoms with Crippen LogP contribution in [0.25, 0.3) is 0 Å². The standard InChI is InChI=1S/C12H25NO2/c1-3-11(13)12(7-8-14)6-4-5-10(9-12)15-2/h10-11,14H,3-9,13H2,1-2H3. The Balaban J connectivity index is 2.70. The van der Waals surface area contributed by atoms with Crippen LogP contribution in [0.2, 0.25) is 0 Å². The molecule has 0 spiro atoms. The van der Waals surface area contributed by atoms with Gasteiger partial charge in [-0.05, 0) is 37.5 Å². The Hall–Kier alpha value is -0.120. The first-order chi connectivity index (χ1) is 7.18. The Kier molecular flexibility index (Phi) is 5.03. The molecule has 1 aliphatic carbocycles. The Morgan fingerprint density at radius 1 is 1.60 bits per heavy atom. The van der Waals surface area contributed by atoms with Crippen LogP contribution in [0, 0.1) is 5.41 Å². The van der Waals surface area contributed by atoms with Crippen LogP contribution < -0.4 is 5.73 Å². The molecule has 0 aromatic heterocycles. The lowest BCUT2D eigenvalue weighted by Crippen LogP contribution is -2.46. The fourth-order valence-electron chi connectivity index (χ4n) is 2.95. The predicted molar refractivity (Wildman–Crippen MR) is 61.7 cm³/mol. The van der Waals surface area contributed by atoms with E-state index in [-0.39, 0.29) is 18.1 Å². The Bertz CT molecular complexity index is 182. The lowest BCUT2D eigenvalue weighted by molar-refractivity contribution is -0.0113. The van der Waals surface area contributed by atoms with Crippen LogP contribution in [0.3, 0.4) is 0 Å². The van der Waals surface area contributed by atoms with Gasteiger partial charge in [0.1, 0.15) is 0 Å². The van der Waals surface area contributed by atoms with Crippen molar-refractivity contribution in [1.29, 1.82) is 0 Å². The third kappa shape index (κ3) is 2.92. The molecule has 0 bridgehead atoms. The SMILES string of the molecule is CCC(N)C1(CCO)CCCC(OC)C1. The molecule has 3 nitrogen and oxygen atoms in total. The van der Waals surface area contributed by atoms with E-state index in [1.54, 1.807) is 7.11 Å². The van der Waals surface area contributed by atoms with Crippen LogP contribution in [-0.4, -0.2) is 31.0 Å². The molecule has 0 radical (unpaired) electrons. The second-order valence-electron chi connectivity index (χ2n) is 4.80. The van der Waals surface area contributed by atoms with E-state index in [0.717, 1.165) is 32.1 Å². The van der Waals surface area contributed by atoms with E-state index in [0.29, 0.717) is 6.10 Å². The van der Waals surface area contributed by atoms with E-state index in [4.69, 9.17) is 10.5 Å². The van der Waals surface area contributed by atoms with Gasteiger partial charge in [0.05, 0.1) is 6.10 Å². The number of hydrogen-bond donors (Lipinski definition) is 2. The Morgan fingerprint density at radius 3 is 2.87 bits per heavy atom. The summed E-state index contributed by atoms with van der Waals surface area (Å²) < 4.78 is 5.45. The fraction of sp³-hybridized carbons (Fsp3) is 1.00. The molecular weight excluding hydrogens is 190 g/mol. The lowest BCUT2D eigenvalue weighted by atomic mass is 9.66. The van der Waals surface area contributed by atoms with E-state index in [1.807, 2.05) is 0 Å². The third-order valence-corrected chi connectivity index (χ3v) is 4.00. The van der Waals surface area contributed by atoms with E-state index in [2.05, 4.69) is 6.92 Å². The number of aliphatic hydroxyl groups is 1. The van der Waals surface area contributed by atoms with Crippen LogP contribution in [0.1, 0.15) is 45.4 Å². The Labute approximate surface area is 93.0 Å². The van der Waals surface area contributed by atoms with Crippen molar-refractivity contribution < 1.29 is 9.84 Å². The summed E-state index contributed by atoms with van der Waals surface area (Å²) in [7, 11) is 1.77. The van der Waals surface area contributed by atoms with Gasteiger partial charge >= 0.3 is 0 Å². The highest BCUT2D eigenvalue weighted by atomic mass is 16.5. The smallest absolute Gasteiger partial charge is 0.0577 e. The quantitative estimate of drug-likeness (QED) is 0.733. The molecular formula is C12H25NO2. The van der Waals surface area contributed by atoms with Gasteiger partial charge in [-0.15, -0.1) is 0 Å². The molecule has 3 atom stereocenters. The predicted octanol–water partition coefficient (Wildman–Crippen LogP) is 1.68. The average Bonchev–Trinajstić information content (AvgIpc) is 2.28. The molecule has 0 heterocycles. The van der Waals surface area contributed by atoms with Crippen molar-refractivity contribution in [2.24, 2.45) is 11.1 Å². The van der Waals surface area contributed by atoms with Crippen molar-refractivity contribution in [2.45, 2.75) is 57.6 Å². The van der Waals surface area contributed by atoms with Crippen molar-refractivity contribution in [3.63, 3.8) is 0 Å². The van der Waals surface area contributed by atoms with Crippen LogP contribution >= 0.6 is 0 Å². The number of methoxy groups -OCH3 is 1. The first-order valence-corrected chi connectivity index (χ1v) is 6.07. The summed E-state index contributed by atoms with van der Waals surface area (Å²) in [6.45, 7) is 2.37. The summed E-state index contributed by atoms with van der Waals surface area (Å²) >= 11 is 0. The molecule has 1 rings (SSSR count). The minimum Gasteiger partial charge on any atom is -0.396 e. The highest BCUT2D eigenvalue weighted by Crippen LogP contribution is 2.43. The molecule has 3 heteroatoms. The first-order valence-electron chi connectivity index (χ1n) is 6.07. The number of hydrogen-bond acceptors (Lipinski definition) is 3. The normalized spacial score (nSPS) is 34.0. The van der Waals surface area contributed by atoms with Crippen LogP contribution in [0.4, 0.5) is 0 Å². The minimum absolute atomic E-state index is 0.114. The van der Waals surface area contributed by atoms with Crippen molar-refractivity contribution >= 4 is 0 Å². The van der Waals surface area contributed by atoms with Crippen LogP contribution in [0.15, 0.2) is 0 Å². The number of ether oxygens (including phenoxy) is 1. The van der Waals surface area contributed by atoms with E-state index < -0.39 is 0 Å². The van der Waals surface area contributed by atoms with Gasteiger partial charge < -0.3 is 15.6 Å². The maximum atomic E-state index is 9.19. The summed E-state index contributed by atoms with van der Waals surface area (Å²) in [6, 6.07) is 0.197. The molecule has 0 amide bonds. The number of nitrogens with two attached hydrogens (primary N) is 1. The highest BCUT2D eigenvalue weighted by Gasteiger charge is 2.39. The number of aliphatic hydroxyl groups excluding tert-OH is 1. The van der Waals surface area contributed by atoms with Gasteiger partial charge in [0.2, 0.25) is 0 Å². The number of rotatable bonds is 5. The molecule has 0 aromatic rings. The maximum Gasteiger partial charge on any atom is 0.0577 e. The molecule has 3 N–H and O–H groups in total. The van der Waals surface area contributed by atoms with Gasteiger partial charge in [0.15, 0.2) is 0 Å². The summed E-state index contributed by atoms with van der Waals surface area (Å²) in [4.78, 5) is 0. The molecule has 3 unspecified atom stereocenters. The topological polar surface area (TPSA) is 55.5 Å². The van der Waals surface area contributed by atoms with Crippen LogP contribution in [-0.2, 0) is 4.74 Å². The summed E-state index contributed by atoms with van der Waals surface area (Å²) in [5.41, 5.74) is 6.33. The van der Waals surface area contributed by atoms with Crippen molar-refractivity contribution in [3.05, 3.63) is 0 Å². The zero-order valence-corrected chi connectivity index (χ0v) is 10.0. The molecule has 1 saturated carbocycles. The fourth-order valence-corrected chi connectivity index (χ4v) is 2.95. The van der Waals surface area contributed by atoms with E-state index >= 15 is 0 Å². The second-order valence-corrected chi connectivity index (χ2v) is 4.80. The van der Waals surface area contributed by atoms with Gasteiger partial charge in [0.25, 0.3) is 0 Å². The zero-order chi connectivity index (χ0) is 11.3. The zero-order valence-electron chi connectivity index (χ0n) is 10.0. The lowest BCUT2D eigenvalue weighted by Gasteiger charge is -2.44. The Morgan fingerprint density at radius 2 is 2.33 bits per heavy atom.